The number of hydrogen-bond donors (Lipinski definition) is 1. The average molecular weight is 205 g/mol. The average Bonchev–Trinajstić information content (AvgIpc) is 2.02. The highest BCUT2D eigenvalue weighted by Crippen LogP contribution is 2.27. The van der Waals surface area contributed by atoms with Gasteiger partial charge in [-0.05, 0) is 25.0 Å². The molecule has 14 heavy (non-hydrogen) atoms. The zero-order valence-corrected chi connectivity index (χ0v) is 7.54. The van der Waals surface area contributed by atoms with Gasteiger partial charge >= 0.3 is 6.18 Å². The smallest absolute Gasteiger partial charge is 0.393 e. The van der Waals surface area contributed by atoms with Crippen LogP contribution in [0.2, 0.25) is 0 Å². The lowest BCUT2D eigenvalue weighted by Gasteiger charge is -2.07. The maximum absolute atomic E-state index is 12.1. The van der Waals surface area contributed by atoms with E-state index in [2.05, 4.69) is 4.98 Å². The Balaban J connectivity index is 2.79. The summed E-state index contributed by atoms with van der Waals surface area (Å²) in [5.74, 6) is 0. The van der Waals surface area contributed by atoms with E-state index in [4.69, 9.17) is 5.11 Å². The molecule has 1 heterocycles. The Morgan fingerprint density at radius 3 is 2.43 bits per heavy atom. The molecule has 0 unspecified atom stereocenters. The van der Waals surface area contributed by atoms with Gasteiger partial charge in [-0.2, -0.15) is 13.2 Å². The Hall–Kier alpha value is -1.10. The zero-order valence-electron chi connectivity index (χ0n) is 7.54. The Bertz CT molecular complexity index is 292. The normalized spacial score (nSPS) is 14.1. The molecule has 1 rings (SSSR count). The van der Waals surface area contributed by atoms with Gasteiger partial charge < -0.3 is 5.11 Å². The second kappa shape index (κ2) is 3.96. The molecule has 1 atom stereocenters. The Morgan fingerprint density at radius 2 is 2.07 bits per heavy atom. The van der Waals surface area contributed by atoms with Crippen LogP contribution in [0.5, 0.6) is 0 Å². The molecular formula is C9H10F3NO. The topological polar surface area (TPSA) is 33.1 Å². The Kier molecular flexibility index (Phi) is 3.10. The van der Waals surface area contributed by atoms with Gasteiger partial charge in [0.1, 0.15) is 5.69 Å². The van der Waals surface area contributed by atoms with Gasteiger partial charge in [0.05, 0.1) is 6.10 Å². The van der Waals surface area contributed by atoms with E-state index in [1.165, 1.54) is 6.07 Å². The van der Waals surface area contributed by atoms with Crippen LogP contribution in [-0.4, -0.2) is 16.2 Å². The first-order valence-electron chi connectivity index (χ1n) is 4.10. The lowest BCUT2D eigenvalue weighted by molar-refractivity contribution is -0.141. The molecule has 0 bridgehead atoms. The molecule has 5 heteroatoms. The van der Waals surface area contributed by atoms with Gasteiger partial charge in [-0.3, -0.25) is 4.98 Å². The monoisotopic (exact) mass is 205 g/mol. The van der Waals surface area contributed by atoms with Crippen molar-refractivity contribution in [2.45, 2.75) is 25.6 Å². The predicted molar refractivity (Wildman–Crippen MR) is 44.6 cm³/mol. The molecule has 0 aromatic carbocycles. The van der Waals surface area contributed by atoms with Crippen LogP contribution in [0.3, 0.4) is 0 Å². The summed E-state index contributed by atoms with van der Waals surface area (Å²) < 4.78 is 36.2. The molecule has 1 aromatic heterocycles. The molecule has 0 saturated carbocycles. The van der Waals surface area contributed by atoms with Gasteiger partial charge in [0.15, 0.2) is 0 Å². The Labute approximate surface area is 79.4 Å². The summed E-state index contributed by atoms with van der Waals surface area (Å²) in [5.41, 5.74) is -0.320. The van der Waals surface area contributed by atoms with Crippen molar-refractivity contribution in [1.29, 1.82) is 0 Å². The van der Waals surface area contributed by atoms with E-state index in [1.54, 1.807) is 6.92 Å². The van der Waals surface area contributed by atoms with Crippen molar-refractivity contribution in [1.82, 2.24) is 4.98 Å². The largest absolute Gasteiger partial charge is 0.433 e. The third-order valence-corrected chi connectivity index (χ3v) is 1.65. The minimum Gasteiger partial charge on any atom is -0.393 e. The van der Waals surface area contributed by atoms with Crippen LogP contribution in [0.15, 0.2) is 18.3 Å². The molecule has 78 valence electrons. The second-order valence-corrected chi connectivity index (χ2v) is 3.10. The van der Waals surface area contributed by atoms with E-state index >= 15 is 0 Å². The van der Waals surface area contributed by atoms with Crippen molar-refractivity contribution in [2.24, 2.45) is 0 Å². The lowest BCUT2D eigenvalue weighted by atomic mass is 10.1. The number of pyridine rings is 1. The second-order valence-electron chi connectivity index (χ2n) is 3.10. The molecule has 2 nitrogen and oxygen atoms in total. The lowest BCUT2D eigenvalue weighted by Crippen LogP contribution is -2.09. The van der Waals surface area contributed by atoms with Crippen molar-refractivity contribution < 1.29 is 18.3 Å². The summed E-state index contributed by atoms with van der Waals surface area (Å²) in [6.07, 6.45) is -3.53. The molecule has 0 saturated heterocycles. The number of hydrogen-bond acceptors (Lipinski definition) is 2. The molecular weight excluding hydrogens is 195 g/mol. The maximum atomic E-state index is 12.1. The highest BCUT2D eigenvalue weighted by molar-refractivity contribution is 5.16. The van der Waals surface area contributed by atoms with Gasteiger partial charge in [-0.25, -0.2) is 0 Å². The SMILES string of the molecule is C[C@H](O)Cc1ccc(C(F)(F)F)nc1. The van der Waals surface area contributed by atoms with Crippen molar-refractivity contribution in [3.05, 3.63) is 29.6 Å². The molecule has 0 aliphatic heterocycles. The number of aliphatic hydroxyl groups is 1. The number of aromatic nitrogens is 1. The highest BCUT2D eigenvalue weighted by Gasteiger charge is 2.31. The molecule has 0 fully saturated rings. The van der Waals surface area contributed by atoms with Crippen LogP contribution in [0.4, 0.5) is 13.2 Å². The fraction of sp³-hybridized carbons (Fsp3) is 0.444. The molecule has 0 aliphatic carbocycles. The highest BCUT2D eigenvalue weighted by atomic mass is 19.4. The number of nitrogens with zero attached hydrogens (tertiary/aromatic N) is 1. The van der Waals surface area contributed by atoms with Gasteiger partial charge in [0, 0.05) is 6.20 Å². The zero-order chi connectivity index (χ0) is 10.8. The molecule has 0 spiro atoms. The minimum atomic E-state index is -4.40. The first-order valence-corrected chi connectivity index (χ1v) is 4.10. The Morgan fingerprint density at radius 1 is 1.43 bits per heavy atom. The first-order chi connectivity index (χ1) is 6.39. The van der Waals surface area contributed by atoms with Crippen molar-refractivity contribution >= 4 is 0 Å². The number of rotatable bonds is 2. The summed E-state index contributed by atoms with van der Waals surface area (Å²) in [7, 11) is 0. The van der Waals surface area contributed by atoms with Crippen molar-refractivity contribution in [3.63, 3.8) is 0 Å². The van der Waals surface area contributed by atoms with E-state index < -0.39 is 18.0 Å². The van der Waals surface area contributed by atoms with Gasteiger partial charge in [-0.1, -0.05) is 6.07 Å². The molecule has 0 radical (unpaired) electrons. The number of alkyl halides is 3. The van der Waals surface area contributed by atoms with Crippen LogP contribution >= 0.6 is 0 Å². The molecule has 1 N–H and O–H groups in total. The van der Waals surface area contributed by atoms with E-state index in [9.17, 15) is 13.2 Å². The quantitative estimate of drug-likeness (QED) is 0.801. The third-order valence-electron chi connectivity index (χ3n) is 1.65. The van der Waals surface area contributed by atoms with Gasteiger partial charge in [0.2, 0.25) is 0 Å². The third kappa shape index (κ3) is 2.99. The summed E-state index contributed by atoms with van der Waals surface area (Å²) in [4.78, 5) is 3.27. The molecule has 0 amide bonds. The summed E-state index contributed by atoms with van der Waals surface area (Å²) >= 11 is 0. The number of halogens is 3. The minimum absolute atomic E-state index is 0.311. The summed E-state index contributed by atoms with van der Waals surface area (Å²) in [6.45, 7) is 1.57. The van der Waals surface area contributed by atoms with E-state index in [0.29, 0.717) is 12.0 Å². The van der Waals surface area contributed by atoms with Crippen LogP contribution in [-0.2, 0) is 12.6 Å². The van der Waals surface area contributed by atoms with Gasteiger partial charge in [0.25, 0.3) is 0 Å². The maximum Gasteiger partial charge on any atom is 0.433 e. The van der Waals surface area contributed by atoms with E-state index in [0.717, 1.165) is 12.3 Å². The molecule has 0 aliphatic rings. The fourth-order valence-electron chi connectivity index (χ4n) is 1.05. The van der Waals surface area contributed by atoms with Crippen LogP contribution < -0.4 is 0 Å². The number of aliphatic hydroxyl groups excluding tert-OH is 1. The van der Waals surface area contributed by atoms with Crippen LogP contribution in [0.25, 0.3) is 0 Å². The summed E-state index contributed by atoms with van der Waals surface area (Å²) in [5, 5.41) is 8.98. The van der Waals surface area contributed by atoms with Crippen molar-refractivity contribution in [2.75, 3.05) is 0 Å². The van der Waals surface area contributed by atoms with E-state index in [-0.39, 0.29) is 0 Å². The molecule has 1 aromatic rings. The first kappa shape index (κ1) is 11.0. The van der Waals surface area contributed by atoms with Crippen LogP contribution in [0, 0.1) is 0 Å². The predicted octanol–water partition coefficient (Wildman–Crippen LogP) is 2.02. The summed E-state index contributed by atoms with van der Waals surface area (Å²) in [6, 6.07) is 2.24. The van der Waals surface area contributed by atoms with Crippen molar-refractivity contribution in [3.8, 4) is 0 Å². The fourth-order valence-corrected chi connectivity index (χ4v) is 1.05. The van der Waals surface area contributed by atoms with E-state index in [1.807, 2.05) is 0 Å². The van der Waals surface area contributed by atoms with Gasteiger partial charge in [-0.15, -0.1) is 0 Å². The standard InChI is InChI=1S/C9H10F3NO/c1-6(14)4-7-2-3-8(13-5-7)9(10,11)12/h2-3,5-6,14H,4H2,1H3/t6-/m0/s1. The van der Waals surface area contributed by atoms with Crippen LogP contribution in [0.1, 0.15) is 18.2 Å².